The van der Waals surface area contributed by atoms with Crippen LogP contribution in [-0.2, 0) is 11.3 Å². The Morgan fingerprint density at radius 2 is 1.79 bits per heavy atom. The summed E-state index contributed by atoms with van der Waals surface area (Å²) in [7, 11) is 0. The number of carbonyl (C=O) groups is 2. The van der Waals surface area contributed by atoms with Gasteiger partial charge in [-0.2, -0.15) is 0 Å². The van der Waals surface area contributed by atoms with Gasteiger partial charge in [0, 0.05) is 24.7 Å². The molecule has 4 rings (SSSR count). The number of nitrogens with zero attached hydrogens (tertiary/aromatic N) is 2. The highest BCUT2D eigenvalue weighted by Gasteiger charge is 2.38. The lowest BCUT2D eigenvalue weighted by atomic mass is 9.85. The third kappa shape index (κ3) is 4.70. The molecule has 6 nitrogen and oxygen atoms in total. The smallest absolute Gasteiger partial charge is 0.318 e. The maximum Gasteiger partial charge on any atom is 0.318 e. The largest absolute Gasteiger partial charge is 0.480 e. The van der Waals surface area contributed by atoms with E-state index in [-0.39, 0.29) is 24.7 Å². The van der Waals surface area contributed by atoms with E-state index in [9.17, 15) is 9.59 Å². The lowest BCUT2D eigenvalue weighted by molar-refractivity contribution is -0.139. The van der Waals surface area contributed by atoms with Gasteiger partial charge in [0.2, 0.25) is 0 Å². The number of likely N-dealkylation sites (N-methyl/N-ethyl adjacent to an activating group) is 1. The number of fused-ring (bicyclic) bond motifs is 1. The van der Waals surface area contributed by atoms with Crippen molar-refractivity contribution in [3.05, 3.63) is 48.0 Å². The van der Waals surface area contributed by atoms with Gasteiger partial charge in [-0.1, -0.05) is 43.3 Å². The van der Waals surface area contributed by atoms with Crippen molar-refractivity contribution >= 4 is 22.8 Å². The lowest BCUT2D eigenvalue weighted by Gasteiger charge is -2.42. The molecule has 2 fully saturated rings. The van der Waals surface area contributed by atoms with Gasteiger partial charge in [-0.25, -0.2) is 4.79 Å². The molecule has 2 amide bonds. The minimum atomic E-state index is -0.797. The van der Waals surface area contributed by atoms with Crippen molar-refractivity contribution in [3.8, 4) is 0 Å². The Labute approximate surface area is 171 Å². The summed E-state index contributed by atoms with van der Waals surface area (Å²) in [6.07, 6.45) is 3.77. The van der Waals surface area contributed by atoms with E-state index in [1.807, 2.05) is 28.9 Å². The van der Waals surface area contributed by atoms with E-state index in [1.165, 1.54) is 10.8 Å². The molecule has 2 saturated carbocycles. The van der Waals surface area contributed by atoms with Crippen LogP contribution in [0.1, 0.15) is 38.2 Å². The molecule has 154 valence electrons. The van der Waals surface area contributed by atoms with Crippen LogP contribution in [0.15, 0.2) is 42.5 Å². The molecule has 2 N–H and O–H groups in total. The van der Waals surface area contributed by atoms with E-state index in [1.54, 1.807) is 0 Å². The van der Waals surface area contributed by atoms with Crippen LogP contribution < -0.4 is 5.32 Å². The Morgan fingerprint density at radius 1 is 1.07 bits per heavy atom. The predicted octanol–water partition coefficient (Wildman–Crippen LogP) is 3.45. The molecular formula is C23H29N3O3. The van der Waals surface area contributed by atoms with Gasteiger partial charge in [0.05, 0.1) is 6.54 Å². The second kappa shape index (κ2) is 8.41. The zero-order valence-electron chi connectivity index (χ0n) is 16.9. The molecule has 0 saturated heterocycles. The fourth-order valence-electron chi connectivity index (χ4n) is 4.22. The molecule has 2 aliphatic rings. The number of hydrogen-bond donors (Lipinski definition) is 2. The summed E-state index contributed by atoms with van der Waals surface area (Å²) < 4.78 is 0. The van der Waals surface area contributed by atoms with E-state index >= 15 is 0 Å². The second-order valence-corrected chi connectivity index (χ2v) is 8.27. The molecular weight excluding hydrogens is 366 g/mol. The molecule has 6 heteroatoms. The number of carboxylic acids is 1. The molecule has 0 radical (unpaired) electrons. The van der Waals surface area contributed by atoms with Crippen LogP contribution in [0.25, 0.3) is 10.8 Å². The van der Waals surface area contributed by atoms with E-state index < -0.39 is 5.97 Å². The summed E-state index contributed by atoms with van der Waals surface area (Å²) in [5, 5.41) is 14.6. The first-order valence-electron chi connectivity index (χ1n) is 10.5. The van der Waals surface area contributed by atoms with Gasteiger partial charge in [-0.3, -0.25) is 9.69 Å². The van der Waals surface area contributed by atoms with Crippen LogP contribution in [-0.4, -0.2) is 58.1 Å². The molecule has 29 heavy (non-hydrogen) atoms. The van der Waals surface area contributed by atoms with Crippen molar-refractivity contribution < 1.29 is 14.7 Å². The maximum absolute atomic E-state index is 12.9. The summed E-state index contributed by atoms with van der Waals surface area (Å²) in [6.45, 7) is 3.39. The number of benzene rings is 2. The SMILES string of the molecule is CCN(CC(=O)O)C1CC(NC(=O)N(Cc2ccc3ccccc3c2)C2CC2)C1. The first-order chi connectivity index (χ1) is 14.0. The van der Waals surface area contributed by atoms with Gasteiger partial charge in [0.25, 0.3) is 0 Å². The Bertz CT molecular complexity index is 890. The fourth-order valence-corrected chi connectivity index (χ4v) is 4.22. The number of carbonyl (C=O) groups excluding carboxylic acids is 1. The third-order valence-corrected chi connectivity index (χ3v) is 6.12. The second-order valence-electron chi connectivity index (χ2n) is 8.27. The predicted molar refractivity (Wildman–Crippen MR) is 113 cm³/mol. The van der Waals surface area contributed by atoms with Gasteiger partial charge in [0.1, 0.15) is 0 Å². The van der Waals surface area contributed by atoms with Crippen LogP contribution in [0, 0.1) is 0 Å². The number of carboxylic acid groups (broad SMARTS) is 1. The monoisotopic (exact) mass is 395 g/mol. The van der Waals surface area contributed by atoms with Crippen molar-refractivity contribution in [1.29, 1.82) is 0 Å². The molecule has 0 unspecified atom stereocenters. The summed E-state index contributed by atoms with van der Waals surface area (Å²) >= 11 is 0. The van der Waals surface area contributed by atoms with E-state index in [0.717, 1.165) is 31.2 Å². The number of rotatable bonds is 8. The summed E-state index contributed by atoms with van der Waals surface area (Å²) in [5.74, 6) is -0.797. The van der Waals surface area contributed by atoms with Crippen LogP contribution >= 0.6 is 0 Å². The lowest BCUT2D eigenvalue weighted by Crippen LogP contribution is -2.57. The number of urea groups is 1. The van der Waals surface area contributed by atoms with Crippen LogP contribution in [0.4, 0.5) is 4.79 Å². The Kier molecular flexibility index (Phi) is 5.72. The highest BCUT2D eigenvalue weighted by molar-refractivity contribution is 5.83. The minimum absolute atomic E-state index is 0.00499. The van der Waals surface area contributed by atoms with Gasteiger partial charge in [-0.05, 0) is 54.6 Å². The minimum Gasteiger partial charge on any atom is -0.480 e. The van der Waals surface area contributed by atoms with E-state index in [2.05, 4.69) is 35.6 Å². The van der Waals surface area contributed by atoms with Gasteiger partial charge in [-0.15, -0.1) is 0 Å². The van der Waals surface area contributed by atoms with Crippen LogP contribution in [0.2, 0.25) is 0 Å². The molecule has 0 spiro atoms. The van der Waals surface area contributed by atoms with Crippen molar-refractivity contribution in [1.82, 2.24) is 15.1 Å². The average Bonchev–Trinajstić information content (AvgIpc) is 3.51. The highest BCUT2D eigenvalue weighted by Crippen LogP contribution is 2.31. The first kappa shape index (κ1) is 19.7. The van der Waals surface area contributed by atoms with Crippen LogP contribution in [0.3, 0.4) is 0 Å². The van der Waals surface area contributed by atoms with Gasteiger partial charge in [0.15, 0.2) is 0 Å². The Balaban J connectivity index is 1.34. The first-order valence-corrected chi connectivity index (χ1v) is 10.5. The maximum atomic E-state index is 12.9. The molecule has 0 bridgehead atoms. The van der Waals surface area contributed by atoms with Gasteiger partial charge < -0.3 is 15.3 Å². The third-order valence-electron chi connectivity index (χ3n) is 6.12. The standard InChI is InChI=1S/C23H29N3O3/c1-2-25(15-22(27)28)21-12-19(13-21)24-23(29)26(20-9-10-20)14-16-7-8-17-5-3-4-6-18(17)11-16/h3-8,11,19-21H,2,9-10,12-15H2,1H3,(H,24,29)(H,27,28). The molecule has 0 aromatic heterocycles. The topological polar surface area (TPSA) is 72.9 Å². The molecule has 2 aromatic rings. The van der Waals surface area contributed by atoms with Crippen molar-refractivity contribution in [2.45, 2.75) is 57.3 Å². The van der Waals surface area contributed by atoms with Gasteiger partial charge >= 0.3 is 12.0 Å². The summed E-state index contributed by atoms with van der Waals surface area (Å²) in [6, 6.07) is 15.4. The molecule has 0 heterocycles. The zero-order valence-corrected chi connectivity index (χ0v) is 16.9. The summed E-state index contributed by atoms with van der Waals surface area (Å²) in [4.78, 5) is 27.8. The summed E-state index contributed by atoms with van der Waals surface area (Å²) in [5.41, 5.74) is 1.15. The number of nitrogens with one attached hydrogen (secondary N) is 1. The van der Waals surface area contributed by atoms with Crippen molar-refractivity contribution in [2.24, 2.45) is 0 Å². The fraction of sp³-hybridized carbons (Fsp3) is 0.478. The normalized spacial score (nSPS) is 21.0. The molecule has 0 atom stereocenters. The zero-order chi connectivity index (χ0) is 20.4. The van der Waals surface area contributed by atoms with E-state index in [0.29, 0.717) is 19.1 Å². The highest BCUT2D eigenvalue weighted by atomic mass is 16.4. The van der Waals surface area contributed by atoms with E-state index in [4.69, 9.17) is 5.11 Å². The van der Waals surface area contributed by atoms with Crippen molar-refractivity contribution in [3.63, 3.8) is 0 Å². The number of amides is 2. The molecule has 2 aliphatic carbocycles. The number of hydrogen-bond acceptors (Lipinski definition) is 3. The average molecular weight is 396 g/mol. The Hall–Kier alpha value is -2.60. The molecule has 0 aliphatic heterocycles. The van der Waals surface area contributed by atoms with Crippen LogP contribution in [0.5, 0.6) is 0 Å². The molecule has 2 aromatic carbocycles. The quantitative estimate of drug-likeness (QED) is 0.718. The Morgan fingerprint density at radius 3 is 2.45 bits per heavy atom. The number of aliphatic carboxylic acids is 1. The van der Waals surface area contributed by atoms with Crippen molar-refractivity contribution in [2.75, 3.05) is 13.1 Å².